The molecule has 212 valence electrons. The van der Waals surface area contributed by atoms with Gasteiger partial charge in [-0.25, -0.2) is 13.2 Å². The van der Waals surface area contributed by atoms with Gasteiger partial charge >= 0.3 is 12.0 Å². The smallest absolute Gasteiger partial charge is 0.322 e. The summed E-state index contributed by atoms with van der Waals surface area (Å²) in [6, 6.07) is 12.8. The number of carboxylic acid groups (broad SMARTS) is 1. The number of amides is 3. The molecule has 9 nitrogen and oxygen atoms in total. The van der Waals surface area contributed by atoms with Gasteiger partial charge < -0.3 is 20.6 Å². The van der Waals surface area contributed by atoms with Crippen LogP contribution >= 0.6 is 0 Å². The third-order valence-corrected chi connectivity index (χ3v) is 8.44. The van der Waals surface area contributed by atoms with E-state index in [0.29, 0.717) is 23.7 Å². The molecule has 2 aromatic carbocycles. The molecule has 1 saturated carbocycles. The number of nitrogens with one attached hydrogen (secondary N) is 2. The number of carboxylic acids is 1. The molecule has 0 atom stereocenters. The van der Waals surface area contributed by atoms with Crippen LogP contribution in [0.2, 0.25) is 0 Å². The van der Waals surface area contributed by atoms with Crippen LogP contribution in [0, 0.1) is 11.3 Å². The fourth-order valence-electron chi connectivity index (χ4n) is 4.96. The number of carbonyl (C=O) groups is 3. The van der Waals surface area contributed by atoms with Crippen LogP contribution in [0.3, 0.4) is 0 Å². The Morgan fingerprint density at radius 1 is 1.00 bits per heavy atom. The van der Waals surface area contributed by atoms with Crippen molar-refractivity contribution in [1.29, 1.82) is 0 Å². The van der Waals surface area contributed by atoms with Crippen molar-refractivity contribution in [2.24, 2.45) is 11.3 Å². The molecule has 1 aliphatic rings. The lowest BCUT2D eigenvalue weighted by molar-refractivity contribution is -0.136. The van der Waals surface area contributed by atoms with E-state index in [1.807, 2.05) is 0 Å². The molecule has 2 aromatic rings. The number of sulfone groups is 1. The Balaban J connectivity index is 1.77. The second-order valence-corrected chi connectivity index (χ2v) is 13.3. The first-order chi connectivity index (χ1) is 18.2. The lowest BCUT2D eigenvalue weighted by Crippen LogP contribution is -2.45. The van der Waals surface area contributed by atoms with E-state index in [0.717, 1.165) is 37.5 Å². The van der Waals surface area contributed by atoms with Crippen molar-refractivity contribution in [1.82, 2.24) is 10.2 Å². The van der Waals surface area contributed by atoms with Gasteiger partial charge in [0.25, 0.3) is 5.91 Å². The lowest BCUT2D eigenvalue weighted by atomic mass is 9.71. The van der Waals surface area contributed by atoms with Gasteiger partial charge in [-0.3, -0.25) is 9.59 Å². The minimum absolute atomic E-state index is 0.0145. The van der Waals surface area contributed by atoms with Crippen LogP contribution in [0.1, 0.15) is 68.8 Å². The standard InChI is InChI=1S/C29H39N3O6S/c1-29(2,3)22-12-14-24(15-13-22)32(28(36)31-23-6-5-7-25(18-23)39(4,37)38)19-20-8-10-21(11-9-20)27(35)30-17-16-26(33)34/h5-11,18,22,24H,12-17,19H2,1-4H3,(H,30,35)(H,31,36)(H,33,34). The van der Waals surface area contributed by atoms with Gasteiger partial charge in [0.2, 0.25) is 0 Å². The van der Waals surface area contributed by atoms with Crippen LogP contribution in [0.25, 0.3) is 0 Å². The van der Waals surface area contributed by atoms with Crippen LogP contribution in [0.15, 0.2) is 53.4 Å². The molecule has 0 heterocycles. The van der Waals surface area contributed by atoms with Crippen molar-refractivity contribution in [2.75, 3.05) is 18.1 Å². The summed E-state index contributed by atoms with van der Waals surface area (Å²) >= 11 is 0. The number of anilines is 1. The van der Waals surface area contributed by atoms with Crippen LogP contribution < -0.4 is 10.6 Å². The molecule has 0 bridgehead atoms. The molecule has 3 amide bonds. The first-order valence-corrected chi connectivity index (χ1v) is 15.1. The number of carbonyl (C=O) groups excluding carboxylic acids is 2. The molecule has 0 spiro atoms. The summed E-state index contributed by atoms with van der Waals surface area (Å²) in [6.07, 6.45) is 4.72. The summed E-state index contributed by atoms with van der Waals surface area (Å²) in [6.45, 7) is 7.11. The molecule has 1 aliphatic carbocycles. The molecule has 0 aromatic heterocycles. The van der Waals surface area contributed by atoms with E-state index in [4.69, 9.17) is 5.11 Å². The van der Waals surface area contributed by atoms with E-state index in [-0.39, 0.29) is 41.3 Å². The summed E-state index contributed by atoms with van der Waals surface area (Å²) in [5, 5.41) is 14.2. The monoisotopic (exact) mass is 557 g/mol. The number of urea groups is 1. The third-order valence-electron chi connectivity index (χ3n) is 7.33. The molecule has 3 N–H and O–H groups in total. The van der Waals surface area contributed by atoms with Gasteiger partial charge in [0, 0.05) is 36.6 Å². The second-order valence-electron chi connectivity index (χ2n) is 11.3. The van der Waals surface area contributed by atoms with Crippen molar-refractivity contribution in [3.8, 4) is 0 Å². The number of rotatable bonds is 9. The Morgan fingerprint density at radius 2 is 1.64 bits per heavy atom. The molecule has 0 unspecified atom stereocenters. The maximum absolute atomic E-state index is 13.6. The second kappa shape index (κ2) is 12.6. The largest absolute Gasteiger partial charge is 0.481 e. The van der Waals surface area contributed by atoms with Crippen molar-refractivity contribution in [2.45, 2.75) is 70.4 Å². The van der Waals surface area contributed by atoms with Crippen molar-refractivity contribution in [3.63, 3.8) is 0 Å². The predicted octanol–water partition coefficient (Wildman–Crippen LogP) is 4.93. The van der Waals surface area contributed by atoms with Crippen LogP contribution in [0.5, 0.6) is 0 Å². The summed E-state index contributed by atoms with van der Waals surface area (Å²) in [7, 11) is -3.42. The summed E-state index contributed by atoms with van der Waals surface area (Å²) in [5.41, 5.74) is 1.86. The molecule has 0 radical (unpaired) electrons. The number of aliphatic carboxylic acids is 1. The van der Waals surface area contributed by atoms with E-state index in [1.165, 1.54) is 12.1 Å². The zero-order chi connectivity index (χ0) is 28.8. The van der Waals surface area contributed by atoms with E-state index in [2.05, 4.69) is 31.4 Å². The number of hydrogen-bond donors (Lipinski definition) is 3. The first-order valence-electron chi connectivity index (χ1n) is 13.2. The van der Waals surface area contributed by atoms with E-state index in [1.54, 1.807) is 41.3 Å². The van der Waals surface area contributed by atoms with E-state index in [9.17, 15) is 22.8 Å². The Labute approximate surface area is 230 Å². The highest BCUT2D eigenvalue weighted by atomic mass is 32.2. The normalized spacial score (nSPS) is 17.7. The SMILES string of the molecule is CC(C)(C)C1CCC(N(Cc2ccc(C(=O)NCCC(=O)O)cc2)C(=O)Nc2cccc(S(C)(=O)=O)c2)CC1. The Morgan fingerprint density at radius 3 is 2.21 bits per heavy atom. The van der Waals surface area contributed by atoms with Gasteiger partial charge in [0.05, 0.1) is 11.3 Å². The van der Waals surface area contributed by atoms with Gasteiger partial charge in [-0.05, 0) is 72.9 Å². The van der Waals surface area contributed by atoms with E-state index < -0.39 is 15.8 Å². The highest BCUT2D eigenvalue weighted by Gasteiger charge is 2.33. The fourth-order valence-corrected chi connectivity index (χ4v) is 5.63. The average molecular weight is 558 g/mol. The molecule has 3 rings (SSSR count). The molecular weight excluding hydrogens is 518 g/mol. The van der Waals surface area contributed by atoms with Gasteiger partial charge in [0.1, 0.15) is 0 Å². The maximum Gasteiger partial charge on any atom is 0.322 e. The minimum Gasteiger partial charge on any atom is -0.481 e. The number of nitrogens with zero attached hydrogens (tertiary/aromatic N) is 1. The Hall–Kier alpha value is -3.40. The lowest BCUT2D eigenvalue weighted by Gasteiger charge is -2.41. The minimum atomic E-state index is -3.42. The highest BCUT2D eigenvalue weighted by molar-refractivity contribution is 7.90. The van der Waals surface area contributed by atoms with Gasteiger partial charge in [0.15, 0.2) is 9.84 Å². The zero-order valence-corrected chi connectivity index (χ0v) is 23.9. The van der Waals surface area contributed by atoms with Crippen LogP contribution in [-0.2, 0) is 21.2 Å². The molecule has 0 aliphatic heterocycles. The number of benzene rings is 2. The average Bonchev–Trinajstić information content (AvgIpc) is 2.86. The van der Waals surface area contributed by atoms with E-state index >= 15 is 0 Å². The fraction of sp³-hybridized carbons (Fsp3) is 0.483. The Bertz CT molecular complexity index is 1280. The van der Waals surface area contributed by atoms with Crippen molar-refractivity contribution < 1.29 is 27.9 Å². The quantitative estimate of drug-likeness (QED) is 0.400. The van der Waals surface area contributed by atoms with Crippen molar-refractivity contribution in [3.05, 3.63) is 59.7 Å². The van der Waals surface area contributed by atoms with Crippen LogP contribution in [-0.4, -0.2) is 55.2 Å². The summed E-state index contributed by atoms with van der Waals surface area (Å²) in [4.78, 5) is 38.5. The maximum atomic E-state index is 13.6. The molecule has 0 saturated heterocycles. The topological polar surface area (TPSA) is 133 Å². The molecule has 10 heteroatoms. The number of hydrogen-bond acceptors (Lipinski definition) is 5. The third kappa shape index (κ3) is 8.81. The van der Waals surface area contributed by atoms with Gasteiger partial charge in [-0.15, -0.1) is 0 Å². The Kier molecular flexibility index (Phi) is 9.77. The van der Waals surface area contributed by atoms with Gasteiger partial charge in [-0.2, -0.15) is 0 Å². The molecule has 39 heavy (non-hydrogen) atoms. The van der Waals surface area contributed by atoms with Gasteiger partial charge in [-0.1, -0.05) is 39.0 Å². The van der Waals surface area contributed by atoms with Crippen molar-refractivity contribution >= 4 is 33.4 Å². The van der Waals surface area contributed by atoms with Crippen LogP contribution in [0.4, 0.5) is 10.5 Å². The summed E-state index contributed by atoms with van der Waals surface area (Å²) < 4.78 is 24.0. The summed E-state index contributed by atoms with van der Waals surface area (Å²) in [5.74, 6) is -0.767. The highest BCUT2D eigenvalue weighted by Crippen LogP contribution is 2.39. The first kappa shape index (κ1) is 30.1. The predicted molar refractivity (Wildman–Crippen MR) is 150 cm³/mol. The molecule has 1 fully saturated rings. The zero-order valence-electron chi connectivity index (χ0n) is 23.1. The molecular formula is C29H39N3O6S.